The minimum Gasteiger partial charge on any atom is -0.481 e. The first kappa shape index (κ1) is 101. The molecule has 3 fully saturated rings. The molecule has 0 radical (unpaired) electrons. The molecular formula is C81H106N12O29P3S3+. The number of aromatic nitrogens is 3. The molecule has 0 spiro atoms. The van der Waals surface area contributed by atoms with Crippen LogP contribution in [0.1, 0.15) is 177 Å². The van der Waals surface area contributed by atoms with Crippen LogP contribution in [0.25, 0.3) is 11.0 Å². The van der Waals surface area contributed by atoms with Crippen LogP contribution in [0.4, 0.5) is 17.3 Å². The monoisotopic (exact) mass is 1900 g/mol. The van der Waals surface area contributed by atoms with Crippen molar-refractivity contribution in [3.05, 3.63) is 135 Å². The Labute approximate surface area is 744 Å². The van der Waals surface area contributed by atoms with Crippen LogP contribution in [-0.2, 0) is 100 Å². The van der Waals surface area contributed by atoms with Gasteiger partial charge in [0.25, 0.3) is 15.7 Å². The number of aliphatic hydroxyl groups excluding tert-OH is 1. The molecule has 5 aromatic rings. The van der Waals surface area contributed by atoms with Gasteiger partial charge in [0.2, 0.25) is 47.1 Å². The van der Waals surface area contributed by atoms with Crippen molar-refractivity contribution in [2.75, 3.05) is 62.5 Å². The first-order valence-electron chi connectivity index (χ1n) is 41.2. The minimum absolute atomic E-state index is 0.00709. The maximum absolute atomic E-state index is 15.0. The van der Waals surface area contributed by atoms with Crippen molar-refractivity contribution >= 4 is 143 Å². The van der Waals surface area contributed by atoms with Gasteiger partial charge < -0.3 is 95.7 Å². The molecule has 2 aromatic heterocycles. The average Bonchev–Trinajstić information content (AvgIpc) is 1.59. The summed E-state index contributed by atoms with van der Waals surface area (Å²) in [4.78, 5) is 183. The smallest absolute Gasteiger partial charge is 0.481 e. The number of likely N-dealkylation sites (tertiary alicyclic amines) is 2. The number of carbonyl (C=O) groups is 9. The Balaban J connectivity index is 0.754. The third kappa shape index (κ3) is 26.2. The number of carbonyl (C=O) groups excluding carboxylic acids is 6. The van der Waals surface area contributed by atoms with Gasteiger partial charge in [-0.25, -0.2) is 18.5 Å². The zero-order valence-electron chi connectivity index (χ0n) is 70.8. The summed E-state index contributed by atoms with van der Waals surface area (Å²) in [6.07, 6.45) is 5.58. The van der Waals surface area contributed by atoms with Gasteiger partial charge in [-0.15, -0.1) is 0 Å². The number of carboxylic acid groups (broad SMARTS) is 3. The van der Waals surface area contributed by atoms with Crippen LogP contribution < -0.4 is 37.5 Å². The number of rotatable bonds is 44. The summed E-state index contributed by atoms with van der Waals surface area (Å²) in [5.74, 6) is -3.90. The summed E-state index contributed by atoms with van der Waals surface area (Å²) in [7, 11) is -19.0. The first-order valence-corrected chi connectivity index (χ1v) is 49.5. The predicted molar refractivity (Wildman–Crippen MR) is 467 cm³/mol. The largest absolute Gasteiger partial charge is 0.490 e. The lowest BCUT2D eigenvalue weighted by Crippen LogP contribution is -2.58. The van der Waals surface area contributed by atoms with Crippen molar-refractivity contribution in [2.24, 2.45) is 0 Å². The molecule has 11 atom stereocenters. The van der Waals surface area contributed by atoms with Crippen LogP contribution in [0.5, 0.6) is 0 Å². The highest BCUT2D eigenvalue weighted by Crippen LogP contribution is 2.66. The SMILES string of the molecule is CCN1C(=CC=CC2=[N+](CCCCCCC(=O)NCCCCC(NC(=O)C3CCCN3C(=O)CC(SSCOCC#Cc3cn(C4CC(O)C(COP(=O)(O)OP(=O)(O)OP(=O)(O)O)O4)c4nc(N)[nH]c(=O)c34)c3ccccc3)C(=O)N3CCCC3C(=O)NC(CC(=O)O)C(=O)NC(CC(=O)O)C(=O)O)c3ccc(C)cc3C2(C)C)C(C)(C)c2cc(S(=O)(=O)O)ccc21. The van der Waals surface area contributed by atoms with Gasteiger partial charge in [0.15, 0.2) is 11.4 Å². The van der Waals surface area contributed by atoms with Crippen LogP contribution >= 0.6 is 45.1 Å². The van der Waals surface area contributed by atoms with Crippen LogP contribution in [0.3, 0.4) is 0 Å². The van der Waals surface area contributed by atoms with Crippen LogP contribution in [-0.4, -0.2) is 235 Å². The number of aryl methyl sites for hydroxylation is 1. The number of H-pyrrole nitrogens is 1. The van der Waals surface area contributed by atoms with E-state index in [0.29, 0.717) is 32.4 Å². The van der Waals surface area contributed by atoms with E-state index < -0.39 is 165 Å². The standard InChI is InChI=1S/C81H105N12O29P3S3/c1-7-89-57-33-31-51(128(115,116)117)40-53(57)81(5,6)64(89)27-17-28-65-80(3,4)52-39-48(2)30-32-58(52)90(65)35-16-9-8-13-29-66(95)83-34-15-14-24-54(77(105)92-37-19-26-60(92)75(103)85-55(41-69(97)98)73(101)86-56(78(106)107)42-70(99)100)84-74(102)59-25-18-36-91(59)67(96)44-63(49-21-11-10-12-22-49)127-126-47-118-38-20-23-50-45-93(72-71(50)76(104)88-79(82)87-72)68-43-61(94)62(120-68)46-119-124(111,112)122-125(113,114)121-123(108,109)110/h10-12,17,21-22,27-28,30-33,39-40,45,54-56,59-63,68,94H,7-9,13-16,18-19,24-26,29,34-38,41-44,46-47H2,1-6H3,(H14-,82,83,84,85,86,87,88,95,97,98,99,100,101,102,103,104,106,107,108,109,110,111,112,113,114,115,116,117)/p+1. The molecule has 7 heterocycles. The Hall–Kier alpha value is -9.48. The number of aliphatic hydroxyl groups is 1. The number of hydrogen-bond acceptors (Lipinski definition) is 26. The maximum Gasteiger partial charge on any atom is 0.490 e. The number of unbranched alkanes of at least 4 members (excludes halogenated alkanes) is 4. The Morgan fingerprint density at radius 3 is 2.15 bits per heavy atom. The Morgan fingerprint density at radius 2 is 1.48 bits per heavy atom. The number of aromatic amines is 1. The number of nitrogens with zero attached hydrogens (tertiary/aromatic N) is 6. The molecule has 47 heteroatoms. The molecule has 16 N–H and O–H groups in total. The zero-order valence-corrected chi connectivity index (χ0v) is 76.0. The number of hydrogen-bond donors (Lipinski definition) is 15. The lowest BCUT2D eigenvalue weighted by molar-refractivity contribution is -0.438. The number of amides is 6. The number of carboxylic acids is 3. The van der Waals surface area contributed by atoms with E-state index in [1.54, 1.807) is 24.3 Å². The predicted octanol–water partition coefficient (Wildman–Crippen LogP) is 6.73. The van der Waals surface area contributed by atoms with E-state index in [1.807, 2.05) is 44.3 Å². The summed E-state index contributed by atoms with van der Waals surface area (Å²) in [6.45, 7) is 13.0. The van der Waals surface area contributed by atoms with Crippen LogP contribution in [0, 0.1) is 18.8 Å². The van der Waals surface area contributed by atoms with Crippen LogP contribution in [0.15, 0.2) is 107 Å². The number of nitrogens with two attached hydrogens (primary N) is 1. The second-order valence-electron chi connectivity index (χ2n) is 32.3. The molecule has 10 rings (SSSR count). The van der Waals surface area contributed by atoms with Gasteiger partial charge >= 0.3 is 41.4 Å². The fourth-order valence-corrected chi connectivity index (χ4v) is 22.1. The Kier molecular flexibility index (Phi) is 34.2. The molecule has 0 aliphatic carbocycles. The van der Waals surface area contributed by atoms with E-state index in [1.165, 1.54) is 59.8 Å². The molecule has 6 amide bonds. The van der Waals surface area contributed by atoms with Gasteiger partial charge in [-0.1, -0.05) is 102 Å². The summed E-state index contributed by atoms with van der Waals surface area (Å²) >= 11 is 0. The van der Waals surface area contributed by atoms with E-state index in [4.69, 9.17) is 25.0 Å². The van der Waals surface area contributed by atoms with Gasteiger partial charge in [0.1, 0.15) is 61.6 Å². The quantitative estimate of drug-likeness (QED) is 0.00365. The molecule has 0 saturated carbocycles. The number of anilines is 2. The van der Waals surface area contributed by atoms with E-state index in [2.05, 4.69) is 112 Å². The third-order valence-electron chi connectivity index (χ3n) is 22.4. The first-order chi connectivity index (χ1) is 60.3. The highest BCUT2D eigenvalue weighted by molar-refractivity contribution is 8.76. The van der Waals surface area contributed by atoms with E-state index >= 15 is 4.79 Å². The summed E-state index contributed by atoms with van der Waals surface area (Å²) in [5.41, 5.74) is 12.1. The Bertz CT molecular complexity index is 5520. The molecule has 5 aliphatic rings. The third-order valence-corrected chi connectivity index (χ3v) is 29.5. The number of nitrogens with one attached hydrogen (secondary N) is 5. The second-order valence-corrected chi connectivity index (χ2v) is 40.6. The molecular weight excluding hydrogens is 1790 g/mol. The van der Waals surface area contributed by atoms with Crippen LogP contribution in [0.2, 0.25) is 0 Å². The van der Waals surface area contributed by atoms with E-state index in [-0.39, 0.29) is 122 Å². The van der Waals surface area contributed by atoms with Gasteiger partial charge in [0, 0.05) is 97.8 Å². The number of phosphoric acid groups is 3. The van der Waals surface area contributed by atoms with Crippen molar-refractivity contribution < 1.29 is 137 Å². The number of ether oxygens (including phenoxy) is 2. The lowest BCUT2D eigenvalue weighted by Gasteiger charge is -2.31. The fourth-order valence-electron chi connectivity index (χ4n) is 16.3. The van der Waals surface area contributed by atoms with E-state index in [9.17, 15) is 100 Å². The van der Waals surface area contributed by atoms with Crippen molar-refractivity contribution in [3.8, 4) is 11.8 Å². The molecule has 41 nitrogen and oxygen atoms in total. The van der Waals surface area contributed by atoms with Crippen molar-refractivity contribution in [1.82, 2.24) is 45.6 Å². The molecule has 3 aromatic carbocycles. The van der Waals surface area contributed by atoms with E-state index in [0.717, 1.165) is 58.7 Å². The number of aliphatic carboxylic acids is 3. The highest BCUT2D eigenvalue weighted by Gasteiger charge is 2.48. The van der Waals surface area contributed by atoms with Gasteiger partial charge in [-0.3, -0.25) is 57.2 Å². The van der Waals surface area contributed by atoms with Gasteiger partial charge in [-0.2, -0.15) is 26.6 Å². The fraction of sp³-hybridized carbons (Fsp3) is 0.506. The average molecular weight is 1900 g/mol. The summed E-state index contributed by atoms with van der Waals surface area (Å²) < 4.78 is 97.0. The Morgan fingerprint density at radius 1 is 0.805 bits per heavy atom. The molecule has 3 saturated heterocycles. The second kappa shape index (κ2) is 43.5. The molecule has 5 aliphatic heterocycles. The summed E-state index contributed by atoms with van der Waals surface area (Å²) in [6, 6.07) is 12.5. The maximum atomic E-state index is 15.0. The summed E-state index contributed by atoms with van der Waals surface area (Å²) in [5, 5.41) is 49.0. The zero-order chi connectivity index (χ0) is 93.5. The molecule has 696 valence electrons. The van der Waals surface area contributed by atoms with Crippen molar-refractivity contribution in [3.63, 3.8) is 0 Å². The van der Waals surface area contributed by atoms with Crippen molar-refractivity contribution in [1.29, 1.82) is 0 Å². The lowest BCUT2D eigenvalue weighted by atomic mass is 9.80. The van der Waals surface area contributed by atoms with Gasteiger partial charge in [-0.05, 0) is 127 Å². The number of benzene rings is 3. The molecule has 0 bridgehead atoms. The molecule has 11 unspecified atom stereocenters. The minimum atomic E-state index is -5.86. The molecule has 128 heavy (non-hydrogen) atoms. The normalized spacial score (nSPS) is 20.5. The number of phosphoric ester groups is 1. The van der Waals surface area contributed by atoms with Gasteiger partial charge in [0.05, 0.1) is 46.8 Å². The number of likely N-dealkylation sites (N-methyl/N-ethyl adjacent to an activating group) is 1. The topological polar surface area (TPSA) is 605 Å². The van der Waals surface area contributed by atoms with Crippen molar-refractivity contribution in [2.45, 2.75) is 214 Å². The number of nitrogen functional groups attached to an aromatic ring is 1. The highest BCUT2D eigenvalue weighted by atomic mass is 33.1. The number of fused-ring (bicyclic) bond motifs is 3. The number of allylic oxidation sites excluding steroid dienone is 4.